The number of hydrogen-bond acceptors (Lipinski definition) is 3. The molecule has 0 bridgehead atoms. The molecule has 0 aliphatic rings. The van der Waals surface area contributed by atoms with E-state index >= 15 is 0 Å². The molecule has 3 N–H and O–H groups in total. The van der Waals surface area contributed by atoms with E-state index in [2.05, 4.69) is 20.7 Å². The van der Waals surface area contributed by atoms with Gasteiger partial charge in [0, 0.05) is 16.7 Å². The summed E-state index contributed by atoms with van der Waals surface area (Å²) in [5, 5.41) is 0. The SMILES string of the molecule is CC(C)(C)CNS(=O)(=O)c1ccc(N)cc1Br. The van der Waals surface area contributed by atoms with Gasteiger partial charge in [0.05, 0.1) is 4.90 Å². The van der Waals surface area contributed by atoms with Crippen molar-refractivity contribution >= 4 is 31.6 Å². The van der Waals surface area contributed by atoms with Crippen LogP contribution in [0.3, 0.4) is 0 Å². The third-order valence-corrected chi connectivity index (χ3v) is 4.42. The van der Waals surface area contributed by atoms with Crippen LogP contribution in [0.1, 0.15) is 20.8 Å². The summed E-state index contributed by atoms with van der Waals surface area (Å²) in [7, 11) is -3.49. The normalized spacial score (nSPS) is 12.7. The minimum absolute atomic E-state index is 0.104. The van der Waals surface area contributed by atoms with E-state index < -0.39 is 10.0 Å². The van der Waals surface area contributed by atoms with Crippen LogP contribution in [0.2, 0.25) is 0 Å². The zero-order valence-electron chi connectivity index (χ0n) is 10.1. The van der Waals surface area contributed by atoms with Crippen molar-refractivity contribution < 1.29 is 8.42 Å². The average Bonchev–Trinajstić information content (AvgIpc) is 2.13. The van der Waals surface area contributed by atoms with Gasteiger partial charge in [-0.3, -0.25) is 0 Å². The lowest BCUT2D eigenvalue weighted by Gasteiger charge is -2.19. The van der Waals surface area contributed by atoms with Gasteiger partial charge >= 0.3 is 0 Å². The fourth-order valence-electron chi connectivity index (χ4n) is 1.12. The van der Waals surface area contributed by atoms with Crippen molar-refractivity contribution in [1.82, 2.24) is 4.72 Å². The van der Waals surface area contributed by atoms with Gasteiger partial charge in [0.2, 0.25) is 10.0 Å². The van der Waals surface area contributed by atoms with E-state index in [1.165, 1.54) is 6.07 Å². The molecule has 1 aromatic rings. The summed E-state index contributed by atoms with van der Waals surface area (Å²) >= 11 is 3.20. The molecule has 0 aliphatic heterocycles. The van der Waals surface area contributed by atoms with Crippen molar-refractivity contribution in [2.24, 2.45) is 5.41 Å². The fraction of sp³-hybridized carbons (Fsp3) is 0.455. The van der Waals surface area contributed by atoms with Gasteiger partial charge in [-0.2, -0.15) is 0 Å². The zero-order valence-corrected chi connectivity index (χ0v) is 12.5. The number of sulfonamides is 1. The van der Waals surface area contributed by atoms with E-state index in [0.29, 0.717) is 16.7 Å². The van der Waals surface area contributed by atoms with E-state index in [1.54, 1.807) is 12.1 Å². The third kappa shape index (κ3) is 4.29. The molecule has 96 valence electrons. The highest BCUT2D eigenvalue weighted by Gasteiger charge is 2.20. The molecular weight excluding hydrogens is 304 g/mol. The first-order valence-corrected chi connectivity index (χ1v) is 7.44. The van der Waals surface area contributed by atoms with E-state index in [-0.39, 0.29) is 10.3 Å². The number of hydrogen-bond donors (Lipinski definition) is 2. The highest BCUT2D eigenvalue weighted by molar-refractivity contribution is 9.10. The molecule has 0 atom stereocenters. The average molecular weight is 321 g/mol. The predicted molar refractivity (Wildman–Crippen MR) is 73.2 cm³/mol. The lowest BCUT2D eigenvalue weighted by Crippen LogP contribution is -2.32. The van der Waals surface area contributed by atoms with Crippen molar-refractivity contribution in [3.05, 3.63) is 22.7 Å². The zero-order chi connectivity index (χ0) is 13.3. The van der Waals surface area contributed by atoms with Crippen molar-refractivity contribution in [3.8, 4) is 0 Å². The second-order valence-electron chi connectivity index (χ2n) is 5.08. The summed E-state index contributed by atoms with van der Waals surface area (Å²) in [6.07, 6.45) is 0. The van der Waals surface area contributed by atoms with Gasteiger partial charge in [0.1, 0.15) is 0 Å². The predicted octanol–water partition coefficient (Wildman–Crippen LogP) is 2.36. The molecule has 0 aliphatic carbocycles. The quantitative estimate of drug-likeness (QED) is 0.840. The van der Waals surface area contributed by atoms with Gasteiger partial charge in [-0.25, -0.2) is 13.1 Å². The van der Waals surface area contributed by atoms with Crippen LogP contribution in [-0.2, 0) is 10.0 Å². The summed E-state index contributed by atoms with van der Waals surface area (Å²) in [5.41, 5.74) is 5.98. The Kier molecular flexibility index (Phi) is 4.22. The van der Waals surface area contributed by atoms with E-state index in [4.69, 9.17) is 5.73 Å². The van der Waals surface area contributed by atoms with Crippen LogP contribution in [0.15, 0.2) is 27.6 Å². The van der Waals surface area contributed by atoms with Gasteiger partial charge in [-0.1, -0.05) is 20.8 Å². The first kappa shape index (κ1) is 14.5. The van der Waals surface area contributed by atoms with Crippen LogP contribution in [0.25, 0.3) is 0 Å². The summed E-state index contributed by atoms with van der Waals surface area (Å²) in [6.45, 7) is 6.28. The number of nitrogens with one attached hydrogen (secondary N) is 1. The van der Waals surface area contributed by atoms with Crippen LogP contribution in [-0.4, -0.2) is 15.0 Å². The highest BCUT2D eigenvalue weighted by Crippen LogP contribution is 2.24. The van der Waals surface area contributed by atoms with E-state index in [9.17, 15) is 8.42 Å². The van der Waals surface area contributed by atoms with Crippen molar-refractivity contribution in [3.63, 3.8) is 0 Å². The molecule has 0 aromatic heterocycles. The summed E-state index contributed by atoms with van der Waals surface area (Å²) in [6, 6.07) is 4.63. The molecule has 0 amide bonds. The standard InChI is InChI=1S/C11H17BrN2O2S/c1-11(2,3)7-14-17(15,16)10-5-4-8(13)6-9(10)12/h4-6,14H,7,13H2,1-3H3. The van der Waals surface area contributed by atoms with Crippen molar-refractivity contribution in [1.29, 1.82) is 0 Å². The molecule has 0 spiro atoms. The smallest absolute Gasteiger partial charge is 0.241 e. The Morgan fingerprint density at radius 1 is 1.35 bits per heavy atom. The molecule has 0 saturated heterocycles. The third-order valence-electron chi connectivity index (χ3n) is 2.04. The molecule has 0 fully saturated rings. The molecule has 1 rings (SSSR count). The Hall–Kier alpha value is -0.590. The Morgan fingerprint density at radius 2 is 1.94 bits per heavy atom. The number of halogens is 1. The summed E-state index contributed by atoms with van der Waals surface area (Å²) in [4.78, 5) is 0.205. The summed E-state index contributed by atoms with van der Waals surface area (Å²) in [5.74, 6) is 0. The van der Waals surface area contributed by atoms with Crippen LogP contribution in [0.4, 0.5) is 5.69 Å². The molecule has 0 unspecified atom stereocenters. The molecule has 0 heterocycles. The monoisotopic (exact) mass is 320 g/mol. The maximum absolute atomic E-state index is 12.0. The van der Waals surface area contributed by atoms with Crippen LogP contribution in [0.5, 0.6) is 0 Å². The molecule has 0 radical (unpaired) electrons. The van der Waals surface area contributed by atoms with Gasteiger partial charge in [0.25, 0.3) is 0 Å². The van der Waals surface area contributed by atoms with E-state index in [0.717, 1.165) is 0 Å². The topological polar surface area (TPSA) is 72.2 Å². The van der Waals surface area contributed by atoms with Crippen LogP contribution < -0.4 is 10.5 Å². The molecule has 1 aromatic carbocycles. The number of anilines is 1. The summed E-state index contributed by atoms with van der Waals surface area (Å²) < 4.78 is 27.1. The second-order valence-corrected chi connectivity index (χ2v) is 7.66. The Labute approximate surface area is 111 Å². The first-order chi connectivity index (χ1) is 7.62. The maximum Gasteiger partial charge on any atom is 0.241 e. The number of nitrogen functional groups attached to an aromatic ring is 1. The van der Waals surface area contributed by atoms with Gasteiger partial charge in [0.15, 0.2) is 0 Å². The number of nitrogens with two attached hydrogens (primary N) is 1. The minimum atomic E-state index is -3.49. The molecule has 17 heavy (non-hydrogen) atoms. The molecule has 4 nitrogen and oxygen atoms in total. The Balaban J connectivity index is 2.98. The Morgan fingerprint density at radius 3 is 2.41 bits per heavy atom. The number of rotatable bonds is 3. The fourth-order valence-corrected chi connectivity index (χ4v) is 3.50. The van der Waals surface area contributed by atoms with E-state index in [1.807, 2.05) is 20.8 Å². The lowest BCUT2D eigenvalue weighted by molar-refractivity contribution is 0.407. The van der Waals surface area contributed by atoms with Gasteiger partial charge in [-0.05, 0) is 39.5 Å². The lowest BCUT2D eigenvalue weighted by atomic mass is 9.98. The van der Waals surface area contributed by atoms with Crippen molar-refractivity contribution in [2.75, 3.05) is 12.3 Å². The second kappa shape index (κ2) is 4.96. The first-order valence-electron chi connectivity index (χ1n) is 5.16. The minimum Gasteiger partial charge on any atom is -0.399 e. The highest BCUT2D eigenvalue weighted by atomic mass is 79.9. The van der Waals surface area contributed by atoms with Crippen LogP contribution >= 0.6 is 15.9 Å². The maximum atomic E-state index is 12.0. The Bertz CT molecular complexity index is 507. The van der Waals surface area contributed by atoms with Crippen LogP contribution in [0, 0.1) is 5.41 Å². The number of benzene rings is 1. The molecular formula is C11H17BrN2O2S. The largest absolute Gasteiger partial charge is 0.399 e. The molecule has 6 heteroatoms. The van der Waals surface area contributed by atoms with Gasteiger partial charge < -0.3 is 5.73 Å². The van der Waals surface area contributed by atoms with Crippen molar-refractivity contribution in [2.45, 2.75) is 25.7 Å². The molecule has 0 saturated carbocycles. The van der Waals surface area contributed by atoms with Gasteiger partial charge in [-0.15, -0.1) is 0 Å².